The number of carbonyl (C=O) groups is 1. The van der Waals surface area contributed by atoms with Crippen LogP contribution in [0.3, 0.4) is 0 Å². The molecule has 0 saturated heterocycles. The lowest BCUT2D eigenvalue weighted by molar-refractivity contribution is -0.120. The molecule has 1 heterocycles. The molecule has 0 aliphatic heterocycles. The summed E-state index contributed by atoms with van der Waals surface area (Å²) >= 11 is 12.0. The molecule has 0 unspecified atom stereocenters. The quantitative estimate of drug-likeness (QED) is 0.830. The molecule has 1 aromatic heterocycles. The second kappa shape index (κ2) is 5.69. The summed E-state index contributed by atoms with van der Waals surface area (Å²) in [6.07, 6.45) is 0.444. The zero-order valence-electron chi connectivity index (χ0n) is 12.6. The molecule has 8 heteroatoms. The first kappa shape index (κ1) is 16.1. The van der Waals surface area contributed by atoms with Gasteiger partial charge < -0.3 is 14.6 Å². The number of carbonyl (C=O) groups excluding carboxylic acids is 1. The fraction of sp³-hybridized carbons (Fsp3) is 0.400. The van der Waals surface area contributed by atoms with E-state index in [2.05, 4.69) is 15.5 Å². The van der Waals surface area contributed by atoms with Crippen LogP contribution in [0.4, 0.5) is 5.69 Å². The number of nitrogens with one attached hydrogen (secondary N) is 1. The van der Waals surface area contributed by atoms with Crippen molar-refractivity contribution in [1.82, 2.24) is 10.1 Å². The molecule has 1 N–H and O–H groups in total. The molecule has 1 saturated carbocycles. The lowest BCUT2D eigenvalue weighted by Gasteiger charge is -2.13. The normalized spacial score (nSPS) is 21.7. The Bertz CT molecular complexity index is 730. The van der Waals surface area contributed by atoms with Crippen LogP contribution < -0.4 is 10.1 Å². The van der Waals surface area contributed by atoms with Gasteiger partial charge in [-0.15, -0.1) is 23.2 Å². The van der Waals surface area contributed by atoms with Gasteiger partial charge in [0.15, 0.2) is 12.4 Å². The third-order valence-electron chi connectivity index (χ3n) is 3.80. The molecule has 3 rings (SSSR count). The molecule has 1 aliphatic carbocycles. The lowest BCUT2D eigenvalue weighted by Crippen LogP contribution is -2.25. The third-order valence-corrected chi connectivity index (χ3v) is 4.90. The van der Waals surface area contributed by atoms with Crippen molar-refractivity contribution in [1.29, 1.82) is 0 Å². The molecular weight excluding hydrogens is 341 g/mol. The number of nitrogens with zero attached hydrogens (tertiary/aromatic N) is 2. The highest BCUT2D eigenvalue weighted by Gasteiger charge is 2.67. The highest BCUT2D eigenvalue weighted by atomic mass is 35.5. The molecule has 1 atom stereocenters. The van der Waals surface area contributed by atoms with E-state index in [0.29, 0.717) is 29.6 Å². The third kappa shape index (κ3) is 3.28. The van der Waals surface area contributed by atoms with Crippen LogP contribution in [-0.4, -0.2) is 20.4 Å². The van der Waals surface area contributed by atoms with Crippen molar-refractivity contribution >= 4 is 34.8 Å². The van der Waals surface area contributed by atoms with Crippen molar-refractivity contribution < 1.29 is 14.1 Å². The number of benzene rings is 1. The second-order valence-corrected chi connectivity index (χ2v) is 7.20. The fourth-order valence-electron chi connectivity index (χ4n) is 2.09. The summed E-state index contributed by atoms with van der Waals surface area (Å²) in [6.45, 7) is 3.67. The Hall–Kier alpha value is -1.79. The molecule has 0 spiro atoms. The van der Waals surface area contributed by atoms with Gasteiger partial charge in [-0.3, -0.25) is 4.79 Å². The summed E-state index contributed by atoms with van der Waals surface area (Å²) in [7, 11) is 0. The van der Waals surface area contributed by atoms with Crippen LogP contribution in [0.25, 0.3) is 0 Å². The van der Waals surface area contributed by atoms with Crippen molar-refractivity contribution in [2.24, 2.45) is 5.41 Å². The van der Waals surface area contributed by atoms with Crippen LogP contribution in [0, 0.1) is 12.3 Å². The zero-order valence-corrected chi connectivity index (χ0v) is 14.1. The van der Waals surface area contributed by atoms with Crippen LogP contribution in [-0.2, 0) is 11.4 Å². The number of ether oxygens (including phenoxy) is 1. The number of alkyl halides is 2. The minimum Gasteiger partial charge on any atom is -0.484 e. The van der Waals surface area contributed by atoms with Gasteiger partial charge in [0.1, 0.15) is 10.1 Å². The minimum absolute atomic E-state index is 0.186. The lowest BCUT2D eigenvalue weighted by atomic mass is 10.1. The number of aryl methyl sites for hydroxylation is 1. The number of halogens is 2. The van der Waals surface area contributed by atoms with E-state index in [4.69, 9.17) is 32.5 Å². The highest BCUT2D eigenvalue weighted by Crippen LogP contribution is 2.64. The number of amides is 1. The van der Waals surface area contributed by atoms with Crippen molar-refractivity contribution in [2.75, 3.05) is 5.32 Å². The fourth-order valence-corrected chi connectivity index (χ4v) is 2.80. The molecule has 1 aliphatic rings. The van der Waals surface area contributed by atoms with Crippen LogP contribution in [0.2, 0.25) is 0 Å². The van der Waals surface area contributed by atoms with Gasteiger partial charge in [-0.2, -0.15) is 4.98 Å². The summed E-state index contributed by atoms with van der Waals surface area (Å²) in [5.41, 5.74) is -0.102. The molecule has 23 heavy (non-hydrogen) atoms. The summed E-state index contributed by atoms with van der Waals surface area (Å²) in [4.78, 5) is 16.2. The van der Waals surface area contributed by atoms with E-state index in [1.165, 1.54) is 0 Å². The van der Waals surface area contributed by atoms with Gasteiger partial charge in [-0.05, 0) is 44.5 Å². The first-order valence-electron chi connectivity index (χ1n) is 7.01. The molecule has 1 fully saturated rings. The van der Waals surface area contributed by atoms with Gasteiger partial charge in [0.25, 0.3) is 5.89 Å². The SMILES string of the molecule is Cc1noc(COc2ccc(NC(=O)[C@]3(C)CC3(Cl)Cl)cc2)n1. The number of hydrogen-bond donors (Lipinski definition) is 1. The van der Waals surface area contributed by atoms with Crippen LogP contribution in [0.15, 0.2) is 28.8 Å². The smallest absolute Gasteiger partial charge is 0.264 e. The molecule has 1 amide bonds. The maximum atomic E-state index is 12.2. The predicted octanol–water partition coefficient (Wildman–Crippen LogP) is 3.48. The molecule has 6 nitrogen and oxygen atoms in total. The molecule has 0 radical (unpaired) electrons. The summed E-state index contributed by atoms with van der Waals surface area (Å²) in [5.74, 6) is 1.39. The Balaban J connectivity index is 1.56. The van der Waals surface area contributed by atoms with Gasteiger partial charge in [0.2, 0.25) is 5.91 Å². The van der Waals surface area contributed by atoms with Gasteiger partial charge in [0, 0.05) is 5.69 Å². The van der Waals surface area contributed by atoms with Crippen LogP contribution in [0.1, 0.15) is 25.1 Å². The molecular formula is C15H15Cl2N3O3. The van der Waals surface area contributed by atoms with Gasteiger partial charge in [0.05, 0.1) is 5.41 Å². The second-order valence-electron chi connectivity index (χ2n) is 5.72. The Labute approximate surface area is 143 Å². The molecule has 0 bridgehead atoms. The van der Waals surface area contributed by atoms with E-state index in [1.807, 2.05) is 0 Å². The molecule has 1 aromatic carbocycles. The summed E-state index contributed by atoms with van der Waals surface area (Å²) in [6, 6.07) is 6.95. The van der Waals surface area contributed by atoms with Gasteiger partial charge in [-0.1, -0.05) is 5.16 Å². The Morgan fingerprint density at radius 2 is 2.04 bits per heavy atom. The monoisotopic (exact) mass is 355 g/mol. The number of hydrogen-bond acceptors (Lipinski definition) is 5. The van der Waals surface area contributed by atoms with Crippen LogP contribution >= 0.6 is 23.2 Å². The molecule has 2 aromatic rings. The van der Waals surface area contributed by atoms with Crippen LogP contribution in [0.5, 0.6) is 5.75 Å². The van der Waals surface area contributed by atoms with Gasteiger partial charge in [-0.25, -0.2) is 0 Å². The largest absolute Gasteiger partial charge is 0.484 e. The van der Waals surface area contributed by atoms with E-state index in [9.17, 15) is 4.79 Å². The Morgan fingerprint density at radius 1 is 1.39 bits per heavy atom. The minimum atomic E-state index is -0.984. The van der Waals surface area contributed by atoms with Crippen molar-refractivity contribution in [3.05, 3.63) is 36.0 Å². The topological polar surface area (TPSA) is 77.3 Å². The van der Waals surface area contributed by atoms with E-state index >= 15 is 0 Å². The molecule has 122 valence electrons. The van der Waals surface area contributed by atoms with Crippen molar-refractivity contribution in [2.45, 2.75) is 31.2 Å². The highest BCUT2D eigenvalue weighted by molar-refractivity contribution is 6.53. The zero-order chi connectivity index (χ0) is 16.7. The summed E-state index contributed by atoms with van der Waals surface area (Å²) in [5, 5.41) is 6.48. The van der Waals surface area contributed by atoms with E-state index in [1.54, 1.807) is 38.1 Å². The maximum absolute atomic E-state index is 12.2. The van der Waals surface area contributed by atoms with E-state index < -0.39 is 9.75 Å². The first-order chi connectivity index (χ1) is 10.8. The van der Waals surface area contributed by atoms with Crippen molar-refractivity contribution in [3.8, 4) is 5.75 Å². The predicted molar refractivity (Wildman–Crippen MR) is 85.6 cm³/mol. The average Bonchev–Trinajstić information content (AvgIpc) is 2.82. The number of aromatic nitrogens is 2. The average molecular weight is 356 g/mol. The first-order valence-corrected chi connectivity index (χ1v) is 7.77. The summed E-state index contributed by atoms with van der Waals surface area (Å²) < 4.78 is 9.50. The van der Waals surface area contributed by atoms with Crippen molar-refractivity contribution in [3.63, 3.8) is 0 Å². The number of rotatable bonds is 5. The van der Waals surface area contributed by atoms with E-state index in [0.717, 1.165) is 0 Å². The van der Waals surface area contributed by atoms with Gasteiger partial charge >= 0.3 is 0 Å². The number of anilines is 1. The Morgan fingerprint density at radius 3 is 2.57 bits per heavy atom. The Kier molecular flexibility index (Phi) is 3.98. The maximum Gasteiger partial charge on any atom is 0.264 e. The van der Waals surface area contributed by atoms with E-state index in [-0.39, 0.29) is 12.5 Å². The standard InChI is InChI=1S/C15H15Cl2N3O3/c1-9-18-12(23-20-9)7-22-11-5-3-10(4-6-11)19-13(21)14(2)8-15(14,16)17/h3-6H,7-8H2,1-2H3,(H,19,21)/t14-/m0/s1.